The van der Waals surface area contributed by atoms with E-state index < -0.39 is 0 Å². The lowest BCUT2D eigenvalue weighted by Gasteiger charge is -2.10. The molecule has 0 saturated carbocycles. The van der Waals surface area contributed by atoms with E-state index >= 15 is 0 Å². The topological polar surface area (TPSA) is 102 Å². The first-order valence-corrected chi connectivity index (χ1v) is 21.2. The molecule has 0 heterocycles. The molecule has 0 rings (SSSR count). The lowest BCUT2D eigenvalue weighted by atomic mass is 10.0. The summed E-state index contributed by atoms with van der Waals surface area (Å²) in [7, 11) is 0. The molecular weight excluding hydrogens is 668 g/mol. The smallest absolute Gasteiger partial charge is 0.0701 e. The van der Waals surface area contributed by atoms with Crippen molar-refractivity contribution in [2.75, 3.05) is 145 Å². The Morgan fingerprint density at radius 2 is 0.462 bits per heavy atom. The van der Waals surface area contributed by atoms with Gasteiger partial charge < -0.3 is 52.1 Å². The normalized spacial score (nSPS) is 12.3. The fourth-order valence-corrected chi connectivity index (χ4v) is 5.00. The summed E-state index contributed by atoms with van der Waals surface area (Å²) in [6, 6.07) is 0. The number of ether oxygens (including phenoxy) is 11. The number of hydrogen-bond acceptors (Lipinski definition) is 11. The van der Waals surface area contributed by atoms with Crippen LogP contribution in [0.4, 0.5) is 0 Å². The van der Waals surface area contributed by atoms with E-state index in [0.29, 0.717) is 138 Å². The van der Waals surface area contributed by atoms with Crippen LogP contribution in [0.15, 0.2) is 0 Å². The second-order valence-corrected chi connectivity index (χ2v) is 13.3. The monoisotopic (exact) mass is 753 g/mol. The third-order valence-corrected chi connectivity index (χ3v) is 8.46. The van der Waals surface area contributed by atoms with Crippen molar-refractivity contribution in [3.63, 3.8) is 0 Å². The molecule has 0 aromatic carbocycles. The van der Waals surface area contributed by atoms with Gasteiger partial charge in [0.25, 0.3) is 0 Å². The molecule has 0 aliphatic heterocycles. The predicted molar refractivity (Wildman–Crippen MR) is 209 cm³/mol. The fourth-order valence-electron chi connectivity index (χ4n) is 5.00. The van der Waals surface area contributed by atoms with Gasteiger partial charge in [-0.1, -0.05) is 111 Å². The average Bonchev–Trinajstić information content (AvgIpc) is 3.16. The lowest BCUT2D eigenvalue weighted by molar-refractivity contribution is -0.0278. The number of unbranched alkanes of at least 4 members (excludes halogenated alkanes) is 13. The van der Waals surface area contributed by atoms with Crippen LogP contribution in [0.1, 0.15) is 117 Å². The summed E-state index contributed by atoms with van der Waals surface area (Å²) in [5.74, 6) is 0.600. The molecule has 0 aromatic heterocycles. The first-order chi connectivity index (χ1) is 25.8. The zero-order chi connectivity index (χ0) is 37.5. The molecule has 0 amide bonds. The number of rotatable bonds is 48. The van der Waals surface area contributed by atoms with Crippen molar-refractivity contribution >= 4 is 0 Å². The summed E-state index contributed by atoms with van der Waals surface area (Å²) in [5, 5.41) is 0. The van der Waals surface area contributed by atoms with Crippen molar-refractivity contribution in [3.8, 4) is 0 Å². The molecule has 0 radical (unpaired) electrons. The van der Waals surface area contributed by atoms with E-state index in [4.69, 9.17) is 52.1 Å². The van der Waals surface area contributed by atoms with E-state index in [1.54, 1.807) is 0 Å². The van der Waals surface area contributed by atoms with E-state index in [-0.39, 0.29) is 0 Å². The van der Waals surface area contributed by atoms with E-state index in [0.717, 1.165) is 26.1 Å². The highest BCUT2D eigenvalue weighted by atomic mass is 16.6. The van der Waals surface area contributed by atoms with Crippen molar-refractivity contribution in [2.45, 2.75) is 117 Å². The van der Waals surface area contributed by atoms with Crippen molar-refractivity contribution in [1.29, 1.82) is 0 Å². The minimum atomic E-state index is 0.527. The second kappa shape index (κ2) is 48.6. The summed E-state index contributed by atoms with van der Waals surface area (Å²) < 4.78 is 60.9. The molecule has 1 atom stereocenters. The molecule has 0 aliphatic rings. The minimum absolute atomic E-state index is 0.527. The molecule has 0 bridgehead atoms. The van der Waals surface area contributed by atoms with E-state index in [1.165, 1.54) is 83.5 Å². The summed E-state index contributed by atoms with van der Waals surface area (Å²) in [6.45, 7) is 19.4. The molecule has 0 N–H and O–H groups in total. The molecule has 0 aromatic rings. The Kier molecular flexibility index (Phi) is 48.2. The molecule has 11 nitrogen and oxygen atoms in total. The Morgan fingerprint density at radius 3 is 0.712 bits per heavy atom. The van der Waals surface area contributed by atoms with Crippen LogP contribution in [0.5, 0.6) is 0 Å². The first kappa shape index (κ1) is 51.6. The van der Waals surface area contributed by atoms with Crippen molar-refractivity contribution in [2.24, 2.45) is 5.92 Å². The standard InChI is InChI=1S/C41H84O11/c1-4-6-7-8-9-10-11-12-13-14-15-16-17-18-19-42-20-21-43-22-23-44-24-25-45-26-27-46-28-29-47-30-31-48-32-33-49-34-35-50-36-37-51-38-39-52-40-41(3)5-2/h41H,4-40H2,1-3H3. The Bertz CT molecular complexity index is 617. The van der Waals surface area contributed by atoms with Gasteiger partial charge >= 0.3 is 0 Å². The highest BCUT2D eigenvalue weighted by Crippen LogP contribution is 2.13. The van der Waals surface area contributed by atoms with Gasteiger partial charge in [0.1, 0.15) is 0 Å². The van der Waals surface area contributed by atoms with Crippen LogP contribution < -0.4 is 0 Å². The van der Waals surface area contributed by atoms with Gasteiger partial charge in [-0.15, -0.1) is 0 Å². The molecule has 314 valence electrons. The van der Waals surface area contributed by atoms with Gasteiger partial charge in [-0.3, -0.25) is 0 Å². The van der Waals surface area contributed by atoms with Crippen molar-refractivity contribution < 1.29 is 52.1 Å². The average molecular weight is 753 g/mol. The van der Waals surface area contributed by atoms with Crippen LogP contribution in [0, 0.1) is 5.92 Å². The molecule has 1 unspecified atom stereocenters. The van der Waals surface area contributed by atoms with Crippen molar-refractivity contribution in [3.05, 3.63) is 0 Å². The van der Waals surface area contributed by atoms with Gasteiger partial charge in [0.2, 0.25) is 0 Å². The minimum Gasteiger partial charge on any atom is -0.379 e. The van der Waals surface area contributed by atoms with Gasteiger partial charge in [-0.2, -0.15) is 0 Å². The van der Waals surface area contributed by atoms with Gasteiger partial charge in [0.15, 0.2) is 0 Å². The van der Waals surface area contributed by atoms with E-state index in [2.05, 4.69) is 20.8 Å². The molecule has 0 fully saturated rings. The Labute approximate surface area is 320 Å². The summed E-state index contributed by atoms with van der Waals surface area (Å²) in [6.07, 6.45) is 20.4. The molecule has 0 spiro atoms. The van der Waals surface area contributed by atoms with Gasteiger partial charge in [0.05, 0.1) is 132 Å². The summed E-state index contributed by atoms with van der Waals surface area (Å²) in [4.78, 5) is 0. The molecular formula is C41H84O11. The third-order valence-electron chi connectivity index (χ3n) is 8.46. The second-order valence-electron chi connectivity index (χ2n) is 13.3. The summed E-state index contributed by atoms with van der Waals surface area (Å²) >= 11 is 0. The van der Waals surface area contributed by atoms with Gasteiger partial charge in [0, 0.05) is 13.2 Å². The predicted octanol–water partition coefficient (Wildman–Crippen LogP) is 7.70. The maximum absolute atomic E-state index is 5.69. The Hall–Kier alpha value is -0.440. The first-order valence-electron chi connectivity index (χ1n) is 21.2. The fraction of sp³-hybridized carbons (Fsp3) is 1.00. The Morgan fingerprint density at radius 1 is 0.250 bits per heavy atom. The lowest BCUT2D eigenvalue weighted by Crippen LogP contribution is -2.15. The van der Waals surface area contributed by atoms with Gasteiger partial charge in [-0.25, -0.2) is 0 Å². The van der Waals surface area contributed by atoms with Crippen LogP contribution in [0.3, 0.4) is 0 Å². The quantitative estimate of drug-likeness (QED) is 0.0572. The zero-order valence-electron chi connectivity index (χ0n) is 34.2. The largest absolute Gasteiger partial charge is 0.379 e. The SMILES string of the molecule is CCCCCCCCCCCCCCCCOCCOCCOCCOCCOCCOCCOCCOCCOCCOCCOCC(C)CC. The van der Waals surface area contributed by atoms with Crippen LogP contribution in [-0.2, 0) is 52.1 Å². The van der Waals surface area contributed by atoms with E-state index in [9.17, 15) is 0 Å². The van der Waals surface area contributed by atoms with E-state index in [1.807, 2.05) is 0 Å². The number of hydrogen-bond donors (Lipinski definition) is 0. The van der Waals surface area contributed by atoms with Crippen LogP contribution in [0.2, 0.25) is 0 Å². The highest BCUT2D eigenvalue weighted by molar-refractivity contribution is 4.50. The maximum atomic E-state index is 5.69. The molecule has 52 heavy (non-hydrogen) atoms. The van der Waals surface area contributed by atoms with Gasteiger partial charge in [-0.05, 0) is 12.3 Å². The van der Waals surface area contributed by atoms with Crippen molar-refractivity contribution in [1.82, 2.24) is 0 Å². The summed E-state index contributed by atoms with van der Waals surface area (Å²) in [5.41, 5.74) is 0. The van der Waals surface area contributed by atoms with Crippen LogP contribution in [0.25, 0.3) is 0 Å². The molecule has 11 heteroatoms. The Balaban J connectivity index is 3.05. The highest BCUT2D eigenvalue weighted by Gasteiger charge is 1.99. The molecule has 0 aliphatic carbocycles. The zero-order valence-corrected chi connectivity index (χ0v) is 34.2. The molecule has 0 saturated heterocycles. The maximum Gasteiger partial charge on any atom is 0.0701 e. The third kappa shape index (κ3) is 47.6. The van der Waals surface area contributed by atoms with Crippen LogP contribution >= 0.6 is 0 Å². The van der Waals surface area contributed by atoms with Crippen LogP contribution in [-0.4, -0.2) is 145 Å².